The number of allylic oxidation sites excluding steroid dienone is 4. The summed E-state index contributed by atoms with van der Waals surface area (Å²) in [7, 11) is 0. The van der Waals surface area contributed by atoms with Crippen molar-refractivity contribution in [2.45, 2.75) is 58.0 Å². The first kappa shape index (κ1) is 17.2. The van der Waals surface area contributed by atoms with Crippen molar-refractivity contribution in [3.05, 3.63) is 23.8 Å². The fourth-order valence-corrected chi connectivity index (χ4v) is 6.80. The van der Waals surface area contributed by atoms with Gasteiger partial charge in [-0.15, -0.1) is 0 Å². The van der Waals surface area contributed by atoms with Crippen molar-refractivity contribution in [3.63, 3.8) is 0 Å². The van der Waals surface area contributed by atoms with Gasteiger partial charge in [-0.25, -0.2) is 0 Å². The molecule has 0 aromatic heterocycles. The summed E-state index contributed by atoms with van der Waals surface area (Å²) in [6, 6.07) is 0. The van der Waals surface area contributed by atoms with Crippen LogP contribution in [0.3, 0.4) is 0 Å². The molecule has 0 heterocycles. The Kier molecular flexibility index (Phi) is 3.69. The second-order valence-corrected chi connectivity index (χ2v) is 9.04. The van der Waals surface area contributed by atoms with Gasteiger partial charge in [-0.3, -0.25) is 9.59 Å². The summed E-state index contributed by atoms with van der Waals surface area (Å²) in [6.07, 6.45) is 10.6. The molecule has 3 fully saturated rings. The molecule has 0 aliphatic heterocycles. The Morgan fingerprint density at radius 1 is 1.20 bits per heavy atom. The van der Waals surface area contributed by atoms with E-state index in [1.165, 1.54) is 5.57 Å². The molecule has 4 nitrogen and oxygen atoms in total. The third kappa shape index (κ3) is 2.07. The maximum absolute atomic E-state index is 12.3. The predicted molar refractivity (Wildman–Crippen MR) is 93.7 cm³/mol. The van der Waals surface area contributed by atoms with Crippen molar-refractivity contribution in [1.29, 1.82) is 0 Å². The van der Waals surface area contributed by atoms with Crippen LogP contribution in [0.2, 0.25) is 0 Å². The Balaban J connectivity index is 1.69. The quantitative estimate of drug-likeness (QED) is 0.807. The number of aliphatic hydroxyl groups is 2. The highest BCUT2D eigenvalue weighted by Gasteiger charge is 2.65. The second-order valence-electron chi connectivity index (χ2n) is 9.04. The number of hydrogen-bond donors (Lipinski definition) is 2. The largest absolute Gasteiger partial charge is 0.388 e. The molecule has 25 heavy (non-hydrogen) atoms. The molecule has 0 radical (unpaired) electrons. The van der Waals surface area contributed by atoms with Gasteiger partial charge in [0.25, 0.3) is 0 Å². The molecule has 0 bridgehead atoms. The molecule has 4 aliphatic carbocycles. The van der Waals surface area contributed by atoms with Gasteiger partial charge in [0, 0.05) is 10.8 Å². The molecule has 4 aliphatic rings. The maximum atomic E-state index is 12.3. The van der Waals surface area contributed by atoms with Crippen LogP contribution in [0.4, 0.5) is 0 Å². The first-order valence-corrected chi connectivity index (χ1v) is 9.57. The number of Topliss-reactive ketones (excluding diaryl/α,β-unsaturated/α-hetero) is 1. The maximum Gasteiger partial charge on any atom is 0.190 e. The zero-order chi connectivity index (χ0) is 18.0. The van der Waals surface area contributed by atoms with E-state index in [4.69, 9.17) is 0 Å². The van der Waals surface area contributed by atoms with Crippen LogP contribution in [0.1, 0.15) is 52.4 Å². The van der Waals surface area contributed by atoms with Crippen molar-refractivity contribution >= 4 is 11.6 Å². The SMILES string of the molecule is CC12C=CC(=O)C=C1CCC1C2CCC2(C)C1CC[C@]2(O)C(=O)CO. The van der Waals surface area contributed by atoms with E-state index in [2.05, 4.69) is 19.9 Å². The van der Waals surface area contributed by atoms with E-state index in [1.54, 1.807) is 6.08 Å². The van der Waals surface area contributed by atoms with Crippen LogP contribution in [0, 0.1) is 28.6 Å². The lowest BCUT2D eigenvalue weighted by atomic mass is 9.47. The van der Waals surface area contributed by atoms with E-state index in [-0.39, 0.29) is 11.2 Å². The van der Waals surface area contributed by atoms with Gasteiger partial charge in [0.1, 0.15) is 12.2 Å². The molecule has 4 heteroatoms. The molecule has 4 rings (SSSR count). The minimum Gasteiger partial charge on any atom is -0.388 e. The summed E-state index contributed by atoms with van der Waals surface area (Å²) in [5.74, 6) is 0.897. The third-order valence-corrected chi connectivity index (χ3v) is 8.31. The zero-order valence-electron chi connectivity index (χ0n) is 15.1. The highest BCUT2D eigenvalue weighted by molar-refractivity contribution is 6.01. The molecule has 6 atom stereocenters. The topological polar surface area (TPSA) is 74.6 Å². The van der Waals surface area contributed by atoms with Crippen LogP contribution in [0.25, 0.3) is 0 Å². The smallest absolute Gasteiger partial charge is 0.190 e. The Hall–Kier alpha value is -1.26. The monoisotopic (exact) mass is 344 g/mol. The van der Waals surface area contributed by atoms with Crippen LogP contribution in [-0.2, 0) is 9.59 Å². The van der Waals surface area contributed by atoms with Crippen molar-refractivity contribution in [3.8, 4) is 0 Å². The first-order valence-electron chi connectivity index (χ1n) is 9.57. The minimum atomic E-state index is -1.38. The minimum absolute atomic E-state index is 0.0696. The van der Waals surface area contributed by atoms with Gasteiger partial charge in [-0.1, -0.05) is 25.5 Å². The van der Waals surface area contributed by atoms with Crippen LogP contribution in [0.5, 0.6) is 0 Å². The van der Waals surface area contributed by atoms with Gasteiger partial charge >= 0.3 is 0 Å². The molecule has 0 spiro atoms. The summed E-state index contributed by atoms with van der Waals surface area (Å²) in [6.45, 7) is 3.73. The molecule has 3 saturated carbocycles. The van der Waals surface area contributed by atoms with Crippen molar-refractivity contribution in [1.82, 2.24) is 0 Å². The Morgan fingerprint density at radius 2 is 1.92 bits per heavy atom. The summed E-state index contributed by atoms with van der Waals surface area (Å²) in [5.41, 5.74) is -0.642. The molecule has 2 N–H and O–H groups in total. The fraction of sp³-hybridized carbons (Fsp3) is 0.714. The van der Waals surface area contributed by atoms with Crippen molar-refractivity contribution in [2.75, 3.05) is 6.61 Å². The van der Waals surface area contributed by atoms with E-state index >= 15 is 0 Å². The van der Waals surface area contributed by atoms with Gasteiger partial charge in [0.15, 0.2) is 11.6 Å². The molecular weight excluding hydrogens is 316 g/mol. The molecule has 0 aromatic carbocycles. The average molecular weight is 344 g/mol. The number of hydrogen-bond acceptors (Lipinski definition) is 4. The summed E-state index contributed by atoms with van der Waals surface area (Å²) in [5, 5.41) is 20.5. The van der Waals surface area contributed by atoms with E-state index in [1.807, 2.05) is 6.08 Å². The highest BCUT2D eigenvalue weighted by atomic mass is 16.3. The van der Waals surface area contributed by atoms with Crippen LogP contribution in [0.15, 0.2) is 23.8 Å². The van der Waals surface area contributed by atoms with Gasteiger partial charge in [0.2, 0.25) is 0 Å². The number of fused-ring (bicyclic) bond motifs is 5. The lowest BCUT2D eigenvalue weighted by Crippen LogP contribution is -2.57. The van der Waals surface area contributed by atoms with E-state index in [9.17, 15) is 19.8 Å². The van der Waals surface area contributed by atoms with Gasteiger partial charge < -0.3 is 10.2 Å². The van der Waals surface area contributed by atoms with Crippen LogP contribution < -0.4 is 0 Å². The lowest BCUT2D eigenvalue weighted by Gasteiger charge is -2.57. The molecular formula is C21H28O4. The summed E-state index contributed by atoms with van der Waals surface area (Å²) >= 11 is 0. The van der Waals surface area contributed by atoms with Gasteiger partial charge in [0.05, 0.1) is 0 Å². The lowest BCUT2D eigenvalue weighted by molar-refractivity contribution is -0.163. The predicted octanol–water partition coefficient (Wildman–Crippen LogP) is 2.59. The third-order valence-electron chi connectivity index (χ3n) is 8.31. The normalized spacial score (nSPS) is 48.4. The number of carbonyl (C=O) groups excluding carboxylic acids is 2. The number of ketones is 2. The molecule has 5 unspecified atom stereocenters. The number of rotatable bonds is 2. The fourth-order valence-electron chi connectivity index (χ4n) is 6.80. The van der Waals surface area contributed by atoms with E-state index in [0.29, 0.717) is 24.2 Å². The Morgan fingerprint density at radius 3 is 2.64 bits per heavy atom. The highest BCUT2D eigenvalue weighted by Crippen LogP contribution is 2.67. The molecule has 136 valence electrons. The van der Waals surface area contributed by atoms with Gasteiger partial charge in [-0.05, 0) is 68.4 Å². The summed E-state index contributed by atoms with van der Waals surface area (Å²) in [4.78, 5) is 24.1. The number of aliphatic hydroxyl groups excluding tert-OH is 1. The second kappa shape index (κ2) is 5.37. The van der Waals surface area contributed by atoms with Crippen LogP contribution >= 0.6 is 0 Å². The Bertz CT molecular complexity index is 692. The molecule has 0 saturated heterocycles. The summed E-state index contributed by atoms with van der Waals surface area (Å²) < 4.78 is 0. The van der Waals surface area contributed by atoms with E-state index < -0.39 is 23.4 Å². The molecule has 0 aromatic rings. The number of carbonyl (C=O) groups is 2. The van der Waals surface area contributed by atoms with Crippen molar-refractivity contribution in [2.24, 2.45) is 28.6 Å². The first-order chi connectivity index (χ1) is 11.8. The van der Waals surface area contributed by atoms with E-state index in [0.717, 1.165) is 32.1 Å². The standard InChI is InChI=1S/C21H28O4/c1-19-8-5-14(23)11-13(19)3-4-15-16(19)6-9-20(2)17(15)7-10-21(20,25)18(24)12-22/h5,8,11,15-17,22,25H,3-4,6-7,9-10,12H2,1-2H3/t15?,16?,17?,19?,20?,21-/m0/s1. The average Bonchev–Trinajstić information content (AvgIpc) is 2.87. The Labute approximate surface area is 149 Å². The van der Waals surface area contributed by atoms with Gasteiger partial charge in [-0.2, -0.15) is 0 Å². The molecule has 0 amide bonds. The zero-order valence-corrected chi connectivity index (χ0v) is 15.1. The van der Waals surface area contributed by atoms with Crippen LogP contribution in [-0.4, -0.2) is 34.0 Å². The van der Waals surface area contributed by atoms with Crippen molar-refractivity contribution < 1.29 is 19.8 Å².